The average Bonchev–Trinajstić information content (AvgIpc) is 2.82. The van der Waals surface area contributed by atoms with Gasteiger partial charge in [0.05, 0.1) is 17.9 Å². The lowest BCUT2D eigenvalue weighted by Crippen LogP contribution is -2.26. The Labute approximate surface area is 134 Å². The van der Waals surface area contributed by atoms with E-state index in [1.54, 1.807) is 13.1 Å². The van der Waals surface area contributed by atoms with E-state index in [4.69, 9.17) is 4.74 Å². The Hall–Kier alpha value is -2.82. The number of esters is 1. The van der Waals surface area contributed by atoms with Crippen LogP contribution in [0.2, 0.25) is 0 Å². The van der Waals surface area contributed by atoms with Crippen LogP contribution in [-0.2, 0) is 20.7 Å². The molecule has 1 aromatic heterocycles. The van der Waals surface area contributed by atoms with Crippen LogP contribution < -0.4 is 0 Å². The fraction of sp³-hybridized carbons (Fsp3) is 0.222. The number of nitrogens with zero attached hydrogens (tertiary/aromatic N) is 1. The number of hydrogen-bond donors (Lipinski definition) is 1. The molecular formula is C18H18N2O3. The lowest BCUT2D eigenvalue weighted by molar-refractivity contribution is -0.136. The maximum atomic E-state index is 12.4. The van der Waals surface area contributed by atoms with E-state index in [-0.39, 0.29) is 12.5 Å². The van der Waals surface area contributed by atoms with Gasteiger partial charge in [-0.15, -0.1) is 0 Å². The second-order valence-electron chi connectivity index (χ2n) is 5.27. The Morgan fingerprint density at radius 3 is 2.91 bits per heavy atom. The van der Waals surface area contributed by atoms with Gasteiger partial charge in [-0.3, -0.25) is 4.79 Å². The molecule has 0 fully saturated rings. The lowest BCUT2D eigenvalue weighted by Gasteiger charge is -2.15. The monoisotopic (exact) mass is 310 g/mol. The molecule has 0 radical (unpaired) electrons. The Kier molecular flexibility index (Phi) is 4.02. The minimum Gasteiger partial charge on any atom is -0.462 e. The first-order valence-electron chi connectivity index (χ1n) is 7.57. The quantitative estimate of drug-likeness (QED) is 0.700. The SMILES string of the molecule is C=CC(=O)N1C=C(C(=O)OCC)c2[nH]c3ccccc3c2CC1. The summed E-state index contributed by atoms with van der Waals surface area (Å²) in [6, 6.07) is 7.89. The van der Waals surface area contributed by atoms with Gasteiger partial charge in [0, 0.05) is 23.6 Å². The molecule has 5 nitrogen and oxygen atoms in total. The van der Waals surface area contributed by atoms with Gasteiger partial charge in [-0.2, -0.15) is 0 Å². The lowest BCUT2D eigenvalue weighted by atomic mass is 10.0. The third-order valence-corrected chi connectivity index (χ3v) is 3.92. The fourth-order valence-corrected chi connectivity index (χ4v) is 2.86. The molecule has 1 aromatic carbocycles. The van der Waals surface area contributed by atoms with Gasteiger partial charge >= 0.3 is 5.97 Å². The van der Waals surface area contributed by atoms with Gasteiger partial charge in [-0.1, -0.05) is 24.8 Å². The highest BCUT2D eigenvalue weighted by Crippen LogP contribution is 2.31. The Bertz CT molecular complexity index is 817. The molecule has 2 aromatic rings. The van der Waals surface area contributed by atoms with Crippen molar-refractivity contribution in [1.82, 2.24) is 9.88 Å². The normalized spacial score (nSPS) is 14.0. The van der Waals surface area contributed by atoms with Crippen molar-refractivity contribution < 1.29 is 14.3 Å². The zero-order valence-corrected chi connectivity index (χ0v) is 13.0. The highest BCUT2D eigenvalue weighted by Gasteiger charge is 2.26. The number of benzene rings is 1. The number of hydrogen-bond acceptors (Lipinski definition) is 3. The number of aromatic nitrogens is 1. The van der Waals surface area contributed by atoms with E-state index < -0.39 is 5.97 Å². The van der Waals surface area contributed by atoms with Crippen molar-refractivity contribution in [1.29, 1.82) is 0 Å². The largest absolute Gasteiger partial charge is 0.462 e. The van der Waals surface area contributed by atoms with E-state index in [0.29, 0.717) is 18.5 Å². The van der Waals surface area contributed by atoms with Crippen molar-refractivity contribution in [3.63, 3.8) is 0 Å². The van der Waals surface area contributed by atoms with Crippen LogP contribution in [0.15, 0.2) is 43.1 Å². The minimum absolute atomic E-state index is 0.235. The number of para-hydroxylation sites is 1. The van der Waals surface area contributed by atoms with Crippen LogP contribution in [-0.4, -0.2) is 34.9 Å². The number of amides is 1. The maximum Gasteiger partial charge on any atom is 0.341 e. The third kappa shape index (κ3) is 2.65. The number of rotatable bonds is 3. The second kappa shape index (κ2) is 6.12. The molecule has 1 N–H and O–H groups in total. The van der Waals surface area contributed by atoms with E-state index in [1.807, 2.05) is 24.3 Å². The highest BCUT2D eigenvalue weighted by atomic mass is 16.5. The van der Waals surface area contributed by atoms with Crippen LogP contribution in [0.3, 0.4) is 0 Å². The summed E-state index contributed by atoms with van der Waals surface area (Å²) in [6.45, 7) is 6.04. The number of carbonyl (C=O) groups excluding carboxylic acids is 2. The molecule has 0 bridgehead atoms. The molecule has 3 rings (SSSR count). The first-order valence-corrected chi connectivity index (χ1v) is 7.57. The fourth-order valence-electron chi connectivity index (χ4n) is 2.86. The predicted molar refractivity (Wildman–Crippen MR) is 88.5 cm³/mol. The van der Waals surface area contributed by atoms with Crippen molar-refractivity contribution in [2.75, 3.05) is 13.2 Å². The van der Waals surface area contributed by atoms with E-state index in [1.165, 1.54) is 11.0 Å². The first-order chi connectivity index (χ1) is 11.2. The summed E-state index contributed by atoms with van der Waals surface area (Å²) in [5, 5.41) is 1.06. The Morgan fingerprint density at radius 2 is 2.17 bits per heavy atom. The van der Waals surface area contributed by atoms with Crippen molar-refractivity contribution in [3.05, 3.63) is 54.4 Å². The summed E-state index contributed by atoms with van der Waals surface area (Å²) in [6.07, 6.45) is 3.46. The minimum atomic E-state index is -0.441. The van der Waals surface area contributed by atoms with Gasteiger partial charge in [-0.25, -0.2) is 4.79 Å². The third-order valence-electron chi connectivity index (χ3n) is 3.92. The summed E-state index contributed by atoms with van der Waals surface area (Å²) in [7, 11) is 0. The van der Waals surface area contributed by atoms with E-state index in [9.17, 15) is 9.59 Å². The van der Waals surface area contributed by atoms with Crippen LogP contribution in [0.1, 0.15) is 18.2 Å². The molecule has 0 saturated carbocycles. The van der Waals surface area contributed by atoms with Gasteiger partial charge in [0.2, 0.25) is 5.91 Å². The Morgan fingerprint density at radius 1 is 1.39 bits per heavy atom. The molecule has 0 aliphatic carbocycles. The summed E-state index contributed by atoms with van der Waals surface area (Å²) in [5.41, 5.74) is 3.09. The zero-order chi connectivity index (χ0) is 16.4. The summed E-state index contributed by atoms with van der Waals surface area (Å²) in [5.74, 6) is -0.676. The number of nitrogens with one attached hydrogen (secondary N) is 1. The molecule has 0 unspecified atom stereocenters. The van der Waals surface area contributed by atoms with Crippen molar-refractivity contribution in [2.45, 2.75) is 13.3 Å². The smallest absolute Gasteiger partial charge is 0.341 e. The number of carbonyl (C=O) groups is 2. The molecule has 1 aliphatic heterocycles. The number of H-pyrrole nitrogens is 1. The molecule has 1 aliphatic rings. The molecule has 5 heteroatoms. The van der Waals surface area contributed by atoms with E-state index in [2.05, 4.69) is 11.6 Å². The van der Waals surface area contributed by atoms with Crippen LogP contribution in [0.5, 0.6) is 0 Å². The van der Waals surface area contributed by atoms with Crippen LogP contribution in [0.25, 0.3) is 16.5 Å². The summed E-state index contributed by atoms with van der Waals surface area (Å²) >= 11 is 0. The molecule has 0 spiro atoms. The van der Waals surface area contributed by atoms with E-state index in [0.717, 1.165) is 22.2 Å². The second-order valence-corrected chi connectivity index (χ2v) is 5.27. The predicted octanol–water partition coefficient (Wildman–Crippen LogP) is 2.64. The van der Waals surface area contributed by atoms with Crippen molar-refractivity contribution in [2.24, 2.45) is 0 Å². The van der Waals surface area contributed by atoms with Gasteiger partial charge < -0.3 is 14.6 Å². The van der Waals surface area contributed by atoms with Crippen molar-refractivity contribution >= 4 is 28.4 Å². The molecule has 0 atom stereocenters. The summed E-state index contributed by atoms with van der Waals surface area (Å²) < 4.78 is 5.16. The van der Waals surface area contributed by atoms with Gasteiger partial charge in [0.15, 0.2) is 0 Å². The molecule has 23 heavy (non-hydrogen) atoms. The number of ether oxygens (including phenoxy) is 1. The topological polar surface area (TPSA) is 62.4 Å². The van der Waals surface area contributed by atoms with E-state index >= 15 is 0 Å². The maximum absolute atomic E-state index is 12.4. The van der Waals surface area contributed by atoms with Crippen LogP contribution in [0, 0.1) is 0 Å². The van der Waals surface area contributed by atoms with Gasteiger partial charge in [0.25, 0.3) is 0 Å². The molecular weight excluding hydrogens is 292 g/mol. The first kappa shape index (κ1) is 15.1. The Balaban J connectivity index is 2.16. The molecule has 0 saturated heterocycles. The zero-order valence-electron chi connectivity index (χ0n) is 13.0. The molecule has 1 amide bonds. The number of aromatic amines is 1. The van der Waals surface area contributed by atoms with Gasteiger partial charge in [0.1, 0.15) is 0 Å². The van der Waals surface area contributed by atoms with Crippen LogP contribution in [0.4, 0.5) is 0 Å². The number of fused-ring (bicyclic) bond motifs is 3. The van der Waals surface area contributed by atoms with Crippen molar-refractivity contribution in [3.8, 4) is 0 Å². The average molecular weight is 310 g/mol. The molecule has 2 heterocycles. The summed E-state index contributed by atoms with van der Waals surface area (Å²) in [4.78, 5) is 29.1. The standard InChI is InChI=1S/C18H18N2O3/c1-3-16(21)20-10-9-13-12-7-5-6-8-15(12)19-17(13)14(11-20)18(22)23-4-2/h3,5-8,11,19H,1,4,9-10H2,2H3. The molecule has 118 valence electrons. The van der Waals surface area contributed by atoms with Gasteiger partial charge in [-0.05, 0) is 31.1 Å². The van der Waals surface area contributed by atoms with Crippen LogP contribution >= 0.6 is 0 Å². The highest BCUT2D eigenvalue weighted by molar-refractivity contribution is 6.18.